The van der Waals surface area contributed by atoms with Crippen LogP contribution in [0, 0.1) is 0 Å². The van der Waals surface area contributed by atoms with E-state index in [0.717, 1.165) is 25.1 Å². The molecule has 1 saturated heterocycles. The minimum Gasteiger partial charge on any atom is -0.435 e. The lowest BCUT2D eigenvalue weighted by Crippen LogP contribution is -2.43. The SMILES string of the molecule is O=C(Nc1ccc(OC(F)F)cc1)c1ccc2c(c1)NC(=O)[C@@H]1CCCN21. The third-order valence-corrected chi connectivity index (χ3v) is 4.72. The van der Waals surface area contributed by atoms with Crippen LogP contribution in [0.5, 0.6) is 5.75 Å². The molecule has 0 unspecified atom stereocenters. The molecule has 2 amide bonds. The van der Waals surface area contributed by atoms with E-state index in [2.05, 4.69) is 20.3 Å². The fraction of sp³-hybridized carbons (Fsp3) is 0.263. The number of alkyl halides is 2. The molecule has 2 aromatic rings. The largest absolute Gasteiger partial charge is 0.435 e. The summed E-state index contributed by atoms with van der Waals surface area (Å²) in [5.41, 5.74) is 2.37. The van der Waals surface area contributed by atoms with Crippen molar-refractivity contribution >= 4 is 28.9 Å². The molecule has 1 atom stereocenters. The summed E-state index contributed by atoms with van der Waals surface area (Å²) in [6.07, 6.45) is 1.80. The van der Waals surface area contributed by atoms with Gasteiger partial charge < -0.3 is 20.3 Å². The number of rotatable bonds is 4. The number of amides is 2. The molecule has 2 aliphatic rings. The summed E-state index contributed by atoms with van der Waals surface area (Å²) in [7, 11) is 0. The van der Waals surface area contributed by atoms with Crippen molar-refractivity contribution in [3.63, 3.8) is 0 Å². The van der Waals surface area contributed by atoms with Crippen molar-refractivity contribution in [2.24, 2.45) is 0 Å². The van der Waals surface area contributed by atoms with Gasteiger partial charge in [-0.2, -0.15) is 8.78 Å². The maximum Gasteiger partial charge on any atom is 0.387 e. The van der Waals surface area contributed by atoms with Gasteiger partial charge in [-0.15, -0.1) is 0 Å². The summed E-state index contributed by atoms with van der Waals surface area (Å²) in [6, 6.07) is 10.7. The zero-order valence-corrected chi connectivity index (χ0v) is 14.2. The van der Waals surface area contributed by atoms with Crippen LogP contribution >= 0.6 is 0 Å². The molecular weight excluding hydrogens is 356 g/mol. The van der Waals surface area contributed by atoms with Crippen molar-refractivity contribution in [1.82, 2.24) is 0 Å². The molecule has 0 saturated carbocycles. The minimum absolute atomic E-state index is 0.0136. The van der Waals surface area contributed by atoms with E-state index in [4.69, 9.17) is 0 Å². The second-order valence-electron chi connectivity index (χ2n) is 6.43. The first-order valence-electron chi connectivity index (χ1n) is 8.59. The number of anilines is 3. The molecule has 0 radical (unpaired) electrons. The Morgan fingerprint density at radius 3 is 2.74 bits per heavy atom. The summed E-state index contributed by atoms with van der Waals surface area (Å²) < 4.78 is 28.6. The van der Waals surface area contributed by atoms with Crippen molar-refractivity contribution in [1.29, 1.82) is 0 Å². The normalized spacial score (nSPS) is 18.0. The highest BCUT2D eigenvalue weighted by Gasteiger charge is 2.36. The van der Waals surface area contributed by atoms with Gasteiger partial charge in [-0.1, -0.05) is 0 Å². The number of fused-ring (bicyclic) bond motifs is 3. The Morgan fingerprint density at radius 1 is 1.22 bits per heavy atom. The van der Waals surface area contributed by atoms with Crippen LogP contribution in [-0.2, 0) is 4.79 Å². The van der Waals surface area contributed by atoms with Gasteiger partial charge in [-0.05, 0) is 55.3 Å². The van der Waals surface area contributed by atoms with Crippen LogP contribution in [0.1, 0.15) is 23.2 Å². The van der Waals surface area contributed by atoms with Gasteiger partial charge >= 0.3 is 6.61 Å². The van der Waals surface area contributed by atoms with Crippen LogP contribution in [-0.4, -0.2) is 31.0 Å². The molecule has 0 spiro atoms. The molecule has 0 aliphatic carbocycles. The average Bonchev–Trinajstić information content (AvgIpc) is 3.13. The van der Waals surface area contributed by atoms with Crippen LogP contribution in [0.25, 0.3) is 0 Å². The van der Waals surface area contributed by atoms with Crippen molar-refractivity contribution in [3.8, 4) is 5.75 Å². The van der Waals surface area contributed by atoms with Gasteiger partial charge in [0.25, 0.3) is 5.91 Å². The van der Waals surface area contributed by atoms with E-state index < -0.39 is 6.61 Å². The molecule has 27 heavy (non-hydrogen) atoms. The Labute approximate surface area is 154 Å². The summed E-state index contributed by atoms with van der Waals surface area (Å²) >= 11 is 0. The Morgan fingerprint density at radius 2 is 2.00 bits per heavy atom. The highest BCUT2D eigenvalue weighted by atomic mass is 19.3. The summed E-state index contributed by atoms with van der Waals surface area (Å²) in [5.74, 6) is -0.398. The van der Waals surface area contributed by atoms with Gasteiger partial charge in [0.15, 0.2) is 0 Å². The van der Waals surface area contributed by atoms with Crippen molar-refractivity contribution < 1.29 is 23.1 Å². The van der Waals surface area contributed by atoms with Crippen LogP contribution in [0.15, 0.2) is 42.5 Å². The van der Waals surface area contributed by atoms with E-state index >= 15 is 0 Å². The quantitative estimate of drug-likeness (QED) is 0.861. The van der Waals surface area contributed by atoms with Crippen molar-refractivity contribution in [2.75, 3.05) is 22.1 Å². The number of nitrogens with one attached hydrogen (secondary N) is 2. The Bertz CT molecular complexity index is 886. The number of hydrogen-bond acceptors (Lipinski definition) is 4. The molecule has 140 valence electrons. The molecule has 6 nitrogen and oxygen atoms in total. The molecule has 4 rings (SSSR count). The number of carbonyl (C=O) groups excluding carboxylic acids is 2. The summed E-state index contributed by atoms with van der Waals surface area (Å²) in [5, 5.41) is 5.56. The maximum atomic E-state index is 12.5. The number of halogens is 2. The number of hydrogen-bond donors (Lipinski definition) is 2. The monoisotopic (exact) mass is 373 g/mol. The topological polar surface area (TPSA) is 70.7 Å². The smallest absolute Gasteiger partial charge is 0.387 e. The lowest BCUT2D eigenvalue weighted by molar-refractivity contribution is -0.117. The van der Waals surface area contributed by atoms with E-state index in [1.807, 2.05) is 6.07 Å². The molecule has 2 N–H and O–H groups in total. The first-order chi connectivity index (χ1) is 13.0. The molecular formula is C19H17F2N3O3. The van der Waals surface area contributed by atoms with Crippen LogP contribution in [0.3, 0.4) is 0 Å². The second kappa shape index (κ2) is 6.86. The van der Waals surface area contributed by atoms with Crippen LogP contribution in [0.2, 0.25) is 0 Å². The van der Waals surface area contributed by atoms with Crippen molar-refractivity contribution in [2.45, 2.75) is 25.5 Å². The van der Waals surface area contributed by atoms with Crippen LogP contribution < -0.4 is 20.3 Å². The fourth-order valence-electron chi connectivity index (χ4n) is 3.49. The van der Waals surface area contributed by atoms with Crippen LogP contribution in [0.4, 0.5) is 25.8 Å². The number of ether oxygens (including phenoxy) is 1. The zero-order chi connectivity index (χ0) is 19.0. The lowest BCUT2D eigenvalue weighted by Gasteiger charge is -2.33. The molecule has 8 heteroatoms. The molecule has 2 aliphatic heterocycles. The van der Waals surface area contributed by atoms with E-state index in [-0.39, 0.29) is 23.6 Å². The standard InChI is InChI=1S/C19H17F2N3O3/c20-19(21)27-13-6-4-12(5-7-13)22-17(25)11-3-8-15-14(10-11)23-18(26)16-2-1-9-24(15)16/h3-8,10,16,19H,1-2,9H2,(H,22,25)(H,23,26)/t16-/m0/s1. The molecule has 1 fully saturated rings. The highest BCUT2D eigenvalue weighted by Crippen LogP contribution is 2.37. The van der Waals surface area contributed by atoms with E-state index in [1.54, 1.807) is 12.1 Å². The van der Waals surface area contributed by atoms with Gasteiger partial charge in [0.05, 0.1) is 11.4 Å². The first-order valence-corrected chi connectivity index (χ1v) is 8.59. The number of nitrogens with zero attached hydrogens (tertiary/aromatic N) is 1. The lowest BCUT2D eigenvalue weighted by atomic mass is 10.1. The Hall–Kier alpha value is -3.16. The third kappa shape index (κ3) is 3.42. The van der Waals surface area contributed by atoms with Gasteiger partial charge in [-0.3, -0.25) is 9.59 Å². The summed E-state index contributed by atoms with van der Waals surface area (Å²) in [4.78, 5) is 26.8. The Kier molecular flexibility index (Phi) is 4.39. The number of carbonyl (C=O) groups is 2. The fourth-order valence-corrected chi connectivity index (χ4v) is 3.49. The average molecular weight is 373 g/mol. The predicted octanol–water partition coefficient (Wildman–Crippen LogP) is 3.46. The van der Waals surface area contributed by atoms with E-state index in [9.17, 15) is 18.4 Å². The molecule has 0 aromatic heterocycles. The molecule has 2 heterocycles. The van der Waals surface area contributed by atoms with Crippen molar-refractivity contribution in [3.05, 3.63) is 48.0 Å². The number of benzene rings is 2. The second-order valence-corrected chi connectivity index (χ2v) is 6.43. The molecule has 0 bridgehead atoms. The predicted molar refractivity (Wildman–Crippen MR) is 96.5 cm³/mol. The van der Waals surface area contributed by atoms with Gasteiger partial charge in [-0.25, -0.2) is 0 Å². The van der Waals surface area contributed by atoms with E-state index in [0.29, 0.717) is 16.9 Å². The zero-order valence-electron chi connectivity index (χ0n) is 14.2. The first kappa shape index (κ1) is 17.3. The third-order valence-electron chi connectivity index (χ3n) is 4.72. The Balaban J connectivity index is 1.50. The van der Waals surface area contributed by atoms with Gasteiger partial charge in [0.2, 0.25) is 5.91 Å². The summed E-state index contributed by atoms with van der Waals surface area (Å²) in [6.45, 7) is -2.07. The van der Waals surface area contributed by atoms with E-state index in [1.165, 1.54) is 24.3 Å². The molecule has 2 aromatic carbocycles. The van der Waals surface area contributed by atoms with Gasteiger partial charge in [0.1, 0.15) is 11.8 Å². The minimum atomic E-state index is -2.90. The maximum absolute atomic E-state index is 12.5. The highest BCUT2D eigenvalue weighted by molar-refractivity contribution is 6.08. The van der Waals surface area contributed by atoms with Gasteiger partial charge in [0, 0.05) is 17.8 Å².